The van der Waals surface area contributed by atoms with Crippen LogP contribution in [0.2, 0.25) is 0 Å². The largest absolute Gasteiger partial charge is 0.323 e. The molecule has 1 nitrogen and oxygen atoms in total. The minimum absolute atomic E-state index is 1.15. The Morgan fingerprint density at radius 3 is 2.10 bits per heavy atom. The molecule has 0 amide bonds. The molecule has 0 unspecified atom stereocenters. The highest BCUT2D eigenvalue weighted by atomic mass is 14.7. The van der Waals surface area contributed by atoms with Crippen LogP contribution in [-0.4, -0.2) is 14.1 Å². The lowest BCUT2D eigenvalue weighted by molar-refractivity contribution is 0.654. The third-order valence-corrected chi connectivity index (χ3v) is 1.66. The van der Waals surface area contributed by atoms with Crippen LogP contribution in [0.4, 0.5) is 0 Å². The van der Waals surface area contributed by atoms with Gasteiger partial charge in [-0.05, 0) is 20.0 Å². The molecule has 0 atom stereocenters. The summed E-state index contributed by atoms with van der Waals surface area (Å²) in [7, 11) is 3.75. The third kappa shape index (κ3) is 7.96. The number of unbranched alkanes of at least 4 members (excludes halogenated alkanes) is 1. The van der Waals surface area contributed by atoms with E-state index in [1.165, 1.54) is 32.1 Å². The van der Waals surface area contributed by atoms with Gasteiger partial charge in [-0.15, -0.1) is 0 Å². The summed E-state index contributed by atoms with van der Waals surface area (Å²) in [5, 5.41) is 2.75. The lowest BCUT2D eigenvalue weighted by Gasteiger charge is -1.88. The zero-order valence-electron chi connectivity index (χ0n) is 7.61. The topological polar surface area (TPSA) is 12.0 Å². The Morgan fingerprint density at radius 1 is 1.30 bits per heavy atom. The van der Waals surface area contributed by atoms with Crippen LogP contribution in [0.1, 0.15) is 39.0 Å². The molecule has 1 heteroatoms. The van der Waals surface area contributed by atoms with Crippen molar-refractivity contribution in [2.45, 2.75) is 39.0 Å². The van der Waals surface area contributed by atoms with Crippen molar-refractivity contribution in [3.8, 4) is 0 Å². The summed E-state index contributed by atoms with van der Waals surface area (Å²) in [5.41, 5.74) is 0. The Hall–Kier alpha value is -0.0400. The molecule has 10 heavy (non-hydrogen) atoms. The quantitative estimate of drug-likeness (QED) is 0.640. The van der Waals surface area contributed by atoms with Gasteiger partial charge in [-0.1, -0.05) is 39.0 Å². The lowest BCUT2D eigenvalue weighted by atomic mass is 10.2. The van der Waals surface area contributed by atoms with Crippen LogP contribution in [-0.2, 0) is 0 Å². The second kappa shape index (κ2) is 7.07. The molecule has 0 spiro atoms. The number of hydrogen-bond donors (Lipinski definition) is 1. The third-order valence-electron chi connectivity index (χ3n) is 1.66. The van der Waals surface area contributed by atoms with Crippen LogP contribution >= 0.6 is 0 Å². The van der Waals surface area contributed by atoms with Crippen molar-refractivity contribution in [2.75, 3.05) is 14.1 Å². The summed E-state index contributed by atoms with van der Waals surface area (Å²) in [6, 6.07) is 0. The van der Waals surface area contributed by atoms with Crippen molar-refractivity contribution in [1.82, 2.24) is 5.32 Å². The van der Waals surface area contributed by atoms with Gasteiger partial charge in [-0.2, -0.15) is 0 Å². The molecule has 0 aromatic carbocycles. The van der Waals surface area contributed by atoms with Crippen LogP contribution in [0, 0.1) is 5.92 Å². The van der Waals surface area contributed by atoms with E-state index < -0.39 is 0 Å². The van der Waals surface area contributed by atoms with Gasteiger partial charge < -0.3 is 5.32 Å². The van der Waals surface area contributed by atoms with Gasteiger partial charge in [0.1, 0.15) is 0 Å². The van der Waals surface area contributed by atoms with Crippen molar-refractivity contribution >= 4 is 0 Å². The molecule has 0 bridgehead atoms. The summed E-state index contributed by atoms with van der Waals surface area (Å²) in [4.78, 5) is 0. The first-order valence-electron chi connectivity index (χ1n) is 4.43. The standard InChI is InChI=1S/C7H14.C2H7N/c1-2-3-4-7-5-6-7;1-3-2/h7H,2-6H2,1H3;3H,1-2H3. The Balaban J connectivity index is 0.000000236. The van der Waals surface area contributed by atoms with E-state index in [1.54, 1.807) is 0 Å². The Morgan fingerprint density at radius 2 is 1.80 bits per heavy atom. The maximum absolute atomic E-state index is 2.75. The normalized spacial score (nSPS) is 15.9. The molecule has 1 saturated carbocycles. The van der Waals surface area contributed by atoms with Gasteiger partial charge in [-0.25, -0.2) is 0 Å². The van der Waals surface area contributed by atoms with Gasteiger partial charge in [0.25, 0.3) is 0 Å². The van der Waals surface area contributed by atoms with Crippen LogP contribution in [0.25, 0.3) is 0 Å². The predicted molar refractivity (Wildman–Crippen MR) is 47.2 cm³/mol. The first-order valence-corrected chi connectivity index (χ1v) is 4.43. The second-order valence-electron chi connectivity index (χ2n) is 3.09. The van der Waals surface area contributed by atoms with Crippen molar-refractivity contribution in [2.24, 2.45) is 5.92 Å². The average molecular weight is 143 g/mol. The van der Waals surface area contributed by atoms with Crippen LogP contribution in [0.15, 0.2) is 0 Å². The van der Waals surface area contributed by atoms with Gasteiger partial charge in [-0.3, -0.25) is 0 Å². The van der Waals surface area contributed by atoms with Crippen LogP contribution in [0.5, 0.6) is 0 Å². The van der Waals surface area contributed by atoms with E-state index in [0.717, 1.165) is 5.92 Å². The first kappa shape index (κ1) is 9.96. The maximum Gasteiger partial charge on any atom is -0.0167 e. The molecular formula is C9H21N. The monoisotopic (exact) mass is 143 g/mol. The summed E-state index contributed by atoms with van der Waals surface area (Å²) in [6.45, 7) is 2.27. The molecule has 1 rings (SSSR count). The Kier molecular flexibility index (Phi) is 7.04. The van der Waals surface area contributed by atoms with Crippen LogP contribution < -0.4 is 5.32 Å². The first-order chi connectivity index (χ1) is 4.85. The minimum Gasteiger partial charge on any atom is -0.323 e. The van der Waals surface area contributed by atoms with Crippen molar-refractivity contribution in [3.63, 3.8) is 0 Å². The highest BCUT2D eigenvalue weighted by Gasteiger charge is 2.19. The SMILES string of the molecule is CCCCC1CC1.CNC. The molecule has 0 radical (unpaired) electrons. The van der Waals surface area contributed by atoms with E-state index in [2.05, 4.69) is 12.2 Å². The molecule has 0 aromatic rings. The zero-order chi connectivity index (χ0) is 7.82. The van der Waals surface area contributed by atoms with Gasteiger partial charge in [0.2, 0.25) is 0 Å². The summed E-state index contributed by atoms with van der Waals surface area (Å²) >= 11 is 0. The molecule has 1 N–H and O–H groups in total. The zero-order valence-corrected chi connectivity index (χ0v) is 7.61. The molecule has 1 aliphatic carbocycles. The maximum atomic E-state index is 2.75. The molecule has 62 valence electrons. The van der Waals surface area contributed by atoms with Gasteiger partial charge in [0, 0.05) is 0 Å². The smallest absolute Gasteiger partial charge is 0.0167 e. The van der Waals surface area contributed by atoms with Crippen LogP contribution in [0.3, 0.4) is 0 Å². The molecule has 0 saturated heterocycles. The minimum atomic E-state index is 1.15. The molecule has 1 fully saturated rings. The number of rotatable bonds is 3. The summed E-state index contributed by atoms with van der Waals surface area (Å²) < 4.78 is 0. The molecule has 0 aromatic heterocycles. The summed E-state index contributed by atoms with van der Waals surface area (Å²) in [6.07, 6.45) is 7.41. The fraction of sp³-hybridized carbons (Fsp3) is 1.00. The lowest BCUT2D eigenvalue weighted by Crippen LogP contribution is -1.89. The van der Waals surface area contributed by atoms with Gasteiger partial charge in [0.05, 0.1) is 0 Å². The number of hydrogen-bond acceptors (Lipinski definition) is 1. The van der Waals surface area contributed by atoms with Gasteiger partial charge in [0.15, 0.2) is 0 Å². The fourth-order valence-corrected chi connectivity index (χ4v) is 0.899. The fourth-order valence-electron chi connectivity index (χ4n) is 0.899. The predicted octanol–water partition coefficient (Wildman–Crippen LogP) is 2.42. The van der Waals surface area contributed by atoms with E-state index in [0.29, 0.717) is 0 Å². The van der Waals surface area contributed by atoms with Crippen molar-refractivity contribution in [1.29, 1.82) is 0 Å². The highest BCUT2D eigenvalue weighted by Crippen LogP contribution is 2.33. The van der Waals surface area contributed by atoms with E-state index in [1.807, 2.05) is 14.1 Å². The molecule has 1 aliphatic rings. The van der Waals surface area contributed by atoms with E-state index >= 15 is 0 Å². The van der Waals surface area contributed by atoms with E-state index in [-0.39, 0.29) is 0 Å². The Labute approximate surface area is 65.2 Å². The van der Waals surface area contributed by atoms with E-state index in [9.17, 15) is 0 Å². The Bertz CT molecular complexity index is 57.7. The average Bonchev–Trinajstić information content (AvgIpc) is 2.68. The van der Waals surface area contributed by atoms with E-state index in [4.69, 9.17) is 0 Å². The van der Waals surface area contributed by atoms with Crippen molar-refractivity contribution < 1.29 is 0 Å². The molecule has 0 aliphatic heterocycles. The van der Waals surface area contributed by atoms with Crippen molar-refractivity contribution in [3.05, 3.63) is 0 Å². The summed E-state index contributed by atoms with van der Waals surface area (Å²) in [5.74, 6) is 1.15. The van der Waals surface area contributed by atoms with Gasteiger partial charge >= 0.3 is 0 Å². The number of nitrogens with one attached hydrogen (secondary N) is 1. The second-order valence-corrected chi connectivity index (χ2v) is 3.09. The molecule has 0 heterocycles. The highest BCUT2D eigenvalue weighted by molar-refractivity contribution is 4.71. The molecular weight excluding hydrogens is 122 g/mol.